The van der Waals surface area contributed by atoms with Crippen molar-refractivity contribution >= 4 is 40.3 Å². The topological polar surface area (TPSA) is 503 Å². The Morgan fingerprint density at radius 2 is 1.37 bits per heavy atom. The van der Waals surface area contributed by atoms with Crippen LogP contribution in [-0.4, -0.2) is 270 Å². The first-order valence-corrected chi connectivity index (χ1v) is 30.6. The molecule has 1 aliphatic carbocycles. The average molecular weight is 1310 g/mol. The fourth-order valence-electron chi connectivity index (χ4n) is 12.3. The molecule has 31 heteroatoms. The molecule has 2 aromatic carbocycles. The molecule has 0 radical (unpaired) electrons. The number of fused-ring (bicyclic) bond motifs is 14. The molecule has 516 valence electrons. The Morgan fingerprint density at radius 3 is 1.96 bits per heavy atom. The van der Waals surface area contributed by atoms with Gasteiger partial charge in [-0.3, -0.25) is 19.4 Å². The maximum Gasteiger partial charge on any atom is 0.312 e. The Kier molecular flexibility index (Phi) is 24.6. The molecule has 0 spiro atoms. The number of nitrogens with zero attached hydrogens (tertiary/aromatic N) is 3. The summed E-state index contributed by atoms with van der Waals surface area (Å²) in [4.78, 5) is 42.6. The first kappa shape index (κ1) is 73.6. The molecule has 24 atom stereocenters. The van der Waals surface area contributed by atoms with E-state index < -0.39 is 187 Å². The number of phenols is 3. The maximum absolute atomic E-state index is 14.4. The number of piperazine rings is 1. The van der Waals surface area contributed by atoms with Gasteiger partial charge in [-0.15, -0.1) is 0 Å². The van der Waals surface area contributed by atoms with Crippen LogP contribution in [0.5, 0.6) is 23.0 Å². The van der Waals surface area contributed by atoms with Crippen LogP contribution < -0.4 is 33.0 Å². The van der Waals surface area contributed by atoms with Crippen molar-refractivity contribution in [3.8, 4) is 23.0 Å². The van der Waals surface area contributed by atoms with E-state index in [4.69, 9.17) is 60.8 Å². The third-order valence-electron chi connectivity index (χ3n) is 18.3. The van der Waals surface area contributed by atoms with Gasteiger partial charge in [0.05, 0.1) is 65.6 Å². The van der Waals surface area contributed by atoms with Crippen molar-refractivity contribution in [1.29, 1.82) is 0 Å². The number of aliphatic hydroxyl groups is 9. The highest BCUT2D eigenvalue weighted by atomic mass is 16.7. The number of aromatic hydroxyl groups is 3. The fraction of sp³-hybridized carbons (Fsp3) is 0.672. The van der Waals surface area contributed by atoms with Gasteiger partial charge in [0.25, 0.3) is 11.7 Å². The number of allylic oxidation sites excluding steroid dienone is 2. The lowest BCUT2D eigenvalue weighted by Gasteiger charge is -2.48. The molecule has 2 aromatic rings. The van der Waals surface area contributed by atoms with Crippen molar-refractivity contribution in [1.82, 2.24) is 9.91 Å². The summed E-state index contributed by atoms with van der Waals surface area (Å²) in [5.41, 5.74) is 23.2. The smallest absolute Gasteiger partial charge is 0.312 e. The number of carbonyl (C=O) groups excluding carboxylic acids is 3. The predicted molar refractivity (Wildman–Crippen MR) is 328 cm³/mol. The Labute approximate surface area is 532 Å². The number of nitrogens with one attached hydrogen (secondary N) is 1. The number of esters is 1. The van der Waals surface area contributed by atoms with Gasteiger partial charge in [-0.1, -0.05) is 45.9 Å². The maximum atomic E-state index is 14.4. The lowest BCUT2D eigenvalue weighted by molar-refractivity contribution is -0.332. The van der Waals surface area contributed by atoms with E-state index in [-0.39, 0.29) is 57.4 Å². The van der Waals surface area contributed by atoms with Gasteiger partial charge >= 0.3 is 11.8 Å². The molecule has 7 aliphatic rings. The van der Waals surface area contributed by atoms with E-state index in [1.54, 1.807) is 44.9 Å². The number of phenolic OH excluding ortho intramolecular Hbond substituents is 3. The summed E-state index contributed by atoms with van der Waals surface area (Å²) in [6.07, 6.45) is -11.6. The Balaban J connectivity index is 0.000000307. The van der Waals surface area contributed by atoms with Crippen LogP contribution in [0.2, 0.25) is 0 Å². The second-order valence-electron chi connectivity index (χ2n) is 24.9. The van der Waals surface area contributed by atoms with Crippen LogP contribution in [0.1, 0.15) is 76.4 Å². The molecule has 31 nitrogen and oxygen atoms in total. The average Bonchev–Trinajstić information content (AvgIpc) is 1.42. The van der Waals surface area contributed by atoms with Gasteiger partial charge in [0.15, 0.2) is 18.3 Å². The van der Waals surface area contributed by atoms with Gasteiger partial charge in [0.2, 0.25) is 0 Å². The van der Waals surface area contributed by atoms with E-state index in [1.807, 2.05) is 7.05 Å². The van der Waals surface area contributed by atoms with Gasteiger partial charge in [0.1, 0.15) is 84.4 Å². The Bertz CT molecular complexity index is 2990. The molecule has 3 saturated heterocycles. The summed E-state index contributed by atoms with van der Waals surface area (Å²) in [6, 6.07) is -2.86. The first-order valence-electron chi connectivity index (χ1n) is 30.6. The van der Waals surface area contributed by atoms with E-state index in [9.17, 15) is 75.7 Å². The normalized spacial score (nSPS) is 39.8. The second-order valence-corrected chi connectivity index (χ2v) is 24.9. The number of rotatable bonds is 10. The molecule has 1 saturated carbocycles. The number of likely N-dealkylation sites (N-methyl/N-ethyl adjacent to an activating group) is 1. The second kappa shape index (κ2) is 30.8. The molecule has 21 N–H and O–H groups in total. The third-order valence-corrected chi connectivity index (χ3v) is 18.3. The minimum Gasteiger partial charge on any atom is -0.507 e. The van der Waals surface area contributed by atoms with Crippen molar-refractivity contribution in [2.24, 2.45) is 51.7 Å². The largest absolute Gasteiger partial charge is 0.507 e. The number of benzene rings is 2. The number of amides is 1. The zero-order valence-electron chi connectivity index (χ0n) is 53.2. The Hall–Kier alpha value is -5.76. The van der Waals surface area contributed by atoms with Gasteiger partial charge in [-0.05, 0) is 33.4 Å². The minimum absolute atomic E-state index is 0.0559. The van der Waals surface area contributed by atoms with Crippen LogP contribution in [0.4, 0.5) is 5.69 Å². The summed E-state index contributed by atoms with van der Waals surface area (Å²) in [7, 11) is 3.42. The summed E-state index contributed by atoms with van der Waals surface area (Å²) in [6.45, 7) is 14.3. The van der Waals surface area contributed by atoms with Crippen LogP contribution in [0.25, 0.3) is 10.8 Å². The number of carbonyl (C=O) groups is 3. The first-order chi connectivity index (χ1) is 43.2. The number of hydrogen-bond acceptors (Lipinski definition) is 30. The zero-order valence-corrected chi connectivity index (χ0v) is 53.2. The number of ketones is 1. The molecule has 9 rings (SSSR count). The SMILES string of the molecule is CO[C@H]1/C=C/O[C@@]2(C)Oc3c(C)c(O)c4c(O)c(c(/C=N\N5CCN(C)CC5)c(O)c4c3C2=O)NC(=O)/C(C)=C\C=C\[C@@H](C)[C@H](O)[C@@H](C)[C@H](O)[C@@H](C)[C@H](OC(C)=O)[C@@H]1C.NC[C@H]1O[C@H](O[C@H]2[C@H](O)[C@@H](O[C@H]3O[C@H](CO)[C@@H](O)[C@H](N)[C@H]3O)[C@H](N)C[C@@H]2N)[C@H](O)[C@@H](O)[C@@H]1O. The Morgan fingerprint density at radius 1 is 0.761 bits per heavy atom. The summed E-state index contributed by atoms with van der Waals surface area (Å²) >= 11 is 0. The highest BCUT2D eigenvalue weighted by Gasteiger charge is 2.53. The fourth-order valence-corrected chi connectivity index (χ4v) is 12.3. The van der Waals surface area contributed by atoms with Crippen molar-refractivity contribution < 1.29 is 114 Å². The molecular formula is C61H94N8O23. The molecule has 0 aromatic heterocycles. The predicted octanol–water partition coefficient (Wildman–Crippen LogP) is -2.96. The van der Waals surface area contributed by atoms with Crippen molar-refractivity contribution in [3.05, 3.63) is 52.8 Å². The zero-order chi connectivity index (χ0) is 68.3. The molecule has 6 heterocycles. The standard InChI is InChI=1S/C43H58N4O12.C18H36N4O11/c1-21-12-11-13-22(2)42(55)45-33-28(20-44-47-17-15-46(9)16-18-47)37(52)30-31(38(33)53)36(51)26(6)40-32(30)41(54)43(8,59-40)57-19-14-29(56-10)23(3)39(58-27(7)48)25(5)35(50)24(4)34(21)49;19-2-6-10(25)12(27)13(28)18(30-6)33-16-5(21)1-4(20)15(14(16)29)32-17-11(26)8(22)9(24)7(3-23)31-17/h11-14,19-21,23-25,29,34-35,39,49-53H,15-18H2,1-10H3,(H,45,55);4-18,23-29H,1-3,19-22H2/b12-11+,19-14+,22-13-,44-20-;/t21-,23-,24-,25-,29+,34+,35+,39-,43+;4-,5+,6-,7-,8+,9-,10-,11-,12+,13-,14-,15+,16-,17-,18-/m11/s1. The quantitative estimate of drug-likeness (QED) is 0.0489. The van der Waals surface area contributed by atoms with Crippen LogP contribution >= 0.6 is 0 Å². The lowest BCUT2D eigenvalue weighted by Crippen LogP contribution is -2.68. The molecule has 92 heavy (non-hydrogen) atoms. The van der Waals surface area contributed by atoms with Gasteiger partial charge < -0.3 is 132 Å². The summed E-state index contributed by atoms with van der Waals surface area (Å²) in [5, 5.41) is 138. The summed E-state index contributed by atoms with van der Waals surface area (Å²) < 4.78 is 45.8. The van der Waals surface area contributed by atoms with E-state index in [0.717, 1.165) is 13.1 Å². The van der Waals surface area contributed by atoms with Crippen molar-refractivity contribution in [2.75, 3.05) is 58.8 Å². The van der Waals surface area contributed by atoms with Gasteiger partial charge in [-0.25, -0.2) is 0 Å². The number of nitrogens with two attached hydrogens (primary N) is 4. The minimum atomic E-state index is -2.04. The van der Waals surface area contributed by atoms with Crippen LogP contribution in [-0.2, 0) is 42.7 Å². The van der Waals surface area contributed by atoms with E-state index >= 15 is 0 Å². The monoisotopic (exact) mass is 1310 g/mol. The number of hydrazone groups is 1. The molecule has 6 aliphatic heterocycles. The molecular weight excluding hydrogens is 1210 g/mol. The molecule has 5 bridgehead atoms. The van der Waals surface area contributed by atoms with Gasteiger partial charge in [0, 0.05) is 106 Å². The number of anilines is 1. The number of hydrogen-bond donors (Lipinski definition) is 17. The lowest BCUT2D eigenvalue weighted by atomic mass is 9.78. The molecule has 4 fully saturated rings. The van der Waals surface area contributed by atoms with E-state index in [1.165, 1.54) is 59.4 Å². The number of Topliss-reactive ketones (excluding diaryl/α,β-unsaturated/α-hetero) is 1. The van der Waals surface area contributed by atoms with Crippen molar-refractivity contribution in [2.45, 2.75) is 184 Å². The molecule has 1 amide bonds. The highest BCUT2D eigenvalue weighted by Crippen LogP contribution is 2.55. The highest BCUT2D eigenvalue weighted by molar-refractivity contribution is 6.24. The summed E-state index contributed by atoms with van der Waals surface area (Å²) in [5.74, 6) is -8.34. The number of methoxy groups -OCH3 is 1. The van der Waals surface area contributed by atoms with Crippen LogP contribution in [0, 0.1) is 30.6 Å². The van der Waals surface area contributed by atoms with Crippen molar-refractivity contribution in [3.63, 3.8) is 0 Å². The van der Waals surface area contributed by atoms with E-state index in [2.05, 4.69) is 15.3 Å². The number of aliphatic hydroxyl groups excluding tert-OH is 9. The van der Waals surface area contributed by atoms with E-state index in [0.29, 0.717) is 13.1 Å². The van der Waals surface area contributed by atoms with Gasteiger partial charge in [-0.2, -0.15) is 5.10 Å². The van der Waals surface area contributed by atoms with Crippen LogP contribution in [0.3, 0.4) is 0 Å². The molecule has 0 unspecified atom stereocenters. The number of ether oxygens (including phenoxy) is 8. The third kappa shape index (κ3) is 15.3. The van der Waals surface area contributed by atoms with Crippen LogP contribution in [0.15, 0.2) is 41.2 Å².